The Labute approximate surface area is 163 Å². The summed E-state index contributed by atoms with van der Waals surface area (Å²) in [5.74, 6) is 2.11. The van der Waals surface area contributed by atoms with E-state index < -0.39 is 0 Å². The van der Waals surface area contributed by atoms with Gasteiger partial charge >= 0.3 is 0 Å². The lowest BCUT2D eigenvalue weighted by molar-refractivity contribution is 0.0569. The number of ether oxygens (including phenoxy) is 1. The number of aromatic nitrogens is 3. The maximum atomic E-state index is 12.9. The average molecular weight is 378 g/mol. The van der Waals surface area contributed by atoms with E-state index >= 15 is 0 Å². The highest BCUT2D eigenvalue weighted by Crippen LogP contribution is 2.32. The van der Waals surface area contributed by atoms with Crippen molar-refractivity contribution in [3.05, 3.63) is 71.7 Å². The molecule has 1 saturated heterocycles. The van der Waals surface area contributed by atoms with Crippen LogP contribution in [0.3, 0.4) is 0 Å². The van der Waals surface area contributed by atoms with Crippen molar-refractivity contribution in [1.29, 1.82) is 0 Å². The van der Waals surface area contributed by atoms with Gasteiger partial charge in [0.05, 0.1) is 31.3 Å². The average Bonchev–Trinajstić information content (AvgIpc) is 3.22. The van der Waals surface area contributed by atoms with Gasteiger partial charge in [-0.05, 0) is 43.0 Å². The van der Waals surface area contributed by atoms with Crippen molar-refractivity contribution in [1.82, 2.24) is 20.1 Å². The molecule has 0 spiro atoms. The first-order chi connectivity index (χ1) is 13.7. The molecule has 3 heterocycles. The molecular weight excluding hydrogens is 356 g/mol. The molecule has 7 heteroatoms. The lowest BCUT2D eigenvalue weighted by Gasteiger charge is -2.33. The van der Waals surface area contributed by atoms with E-state index in [1.807, 2.05) is 29.2 Å². The molecule has 2 aromatic heterocycles. The van der Waals surface area contributed by atoms with Gasteiger partial charge in [0.1, 0.15) is 17.6 Å². The zero-order valence-electron chi connectivity index (χ0n) is 15.7. The van der Waals surface area contributed by atoms with Gasteiger partial charge in [-0.3, -0.25) is 4.79 Å². The van der Waals surface area contributed by atoms with Crippen LogP contribution in [0, 0.1) is 0 Å². The molecule has 1 aliphatic rings. The van der Waals surface area contributed by atoms with Crippen LogP contribution in [-0.4, -0.2) is 39.6 Å². The van der Waals surface area contributed by atoms with Gasteiger partial charge in [0.15, 0.2) is 0 Å². The van der Waals surface area contributed by atoms with Crippen LogP contribution in [0.15, 0.2) is 53.3 Å². The topological polar surface area (TPSA) is 81.4 Å². The van der Waals surface area contributed by atoms with Gasteiger partial charge in [-0.1, -0.05) is 12.1 Å². The Kier molecular flexibility index (Phi) is 5.32. The van der Waals surface area contributed by atoms with Crippen LogP contribution in [0.4, 0.5) is 0 Å². The van der Waals surface area contributed by atoms with Crippen molar-refractivity contribution < 1.29 is 13.9 Å². The molecule has 7 nitrogen and oxygen atoms in total. The summed E-state index contributed by atoms with van der Waals surface area (Å²) in [5, 5.41) is 7.56. The van der Waals surface area contributed by atoms with Gasteiger partial charge in [-0.15, -0.1) is 0 Å². The predicted molar refractivity (Wildman–Crippen MR) is 102 cm³/mol. The third-order valence-corrected chi connectivity index (χ3v) is 4.96. The van der Waals surface area contributed by atoms with Crippen LogP contribution in [-0.2, 0) is 6.42 Å². The number of piperidine rings is 1. The van der Waals surface area contributed by atoms with Crippen molar-refractivity contribution in [3.8, 4) is 5.75 Å². The fourth-order valence-corrected chi connectivity index (χ4v) is 3.56. The van der Waals surface area contributed by atoms with Gasteiger partial charge in [-0.2, -0.15) is 10.2 Å². The van der Waals surface area contributed by atoms with E-state index in [4.69, 9.17) is 9.15 Å². The molecule has 1 unspecified atom stereocenters. The number of hydrogen-bond acceptors (Lipinski definition) is 6. The van der Waals surface area contributed by atoms with Crippen LogP contribution >= 0.6 is 0 Å². The van der Waals surface area contributed by atoms with Crippen LogP contribution in [0.5, 0.6) is 5.75 Å². The Morgan fingerprint density at radius 3 is 3.00 bits per heavy atom. The second kappa shape index (κ2) is 8.21. The number of carbonyl (C=O) groups is 1. The molecule has 0 aliphatic carbocycles. The number of amides is 1. The fraction of sp³-hybridized carbons (Fsp3) is 0.333. The molecule has 1 fully saturated rings. The lowest BCUT2D eigenvalue weighted by Crippen LogP contribution is -2.38. The van der Waals surface area contributed by atoms with Crippen LogP contribution in [0.1, 0.15) is 52.9 Å². The van der Waals surface area contributed by atoms with E-state index in [1.54, 1.807) is 19.4 Å². The number of nitrogens with zero attached hydrogens (tertiary/aromatic N) is 4. The van der Waals surface area contributed by atoms with Crippen molar-refractivity contribution >= 4 is 5.91 Å². The standard InChI is InChI=1S/C21H22N4O3/c1-27-17-6-4-5-15(11-17)12-18-14-22-20(28-18)19-7-2-3-10-25(19)21(26)16-8-9-23-24-13-16/h4-6,8-9,11,13-14,19H,2-3,7,10,12H2,1H3. The van der Waals surface area contributed by atoms with Gasteiger partial charge in [-0.25, -0.2) is 4.98 Å². The maximum Gasteiger partial charge on any atom is 0.256 e. The first-order valence-electron chi connectivity index (χ1n) is 9.40. The molecule has 0 radical (unpaired) electrons. The number of methoxy groups -OCH3 is 1. The molecule has 1 amide bonds. The summed E-state index contributed by atoms with van der Waals surface area (Å²) in [7, 11) is 1.65. The maximum absolute atomic E-state index is 12.9. The predicted octanol–water partition coefficient (Wildman–Crippen LogP) is 3.43. The van der Waals surface area contributed by atoms with Gasteiger partial charge < -0.3 is 14.1 Å². The summed E-state index contributed by atoms with van der Waals surface area (Å²) in [6.45, 7) is 0.680. The van der Waals surface area contributed by atoms with E-state index in [2.05, 4.69) is 15.2 Å². The van der Waals surface area contributed by atoms with Gasteiger partial charge in [0.25, 0.3) is 5.91 Å². The SMILES string of the molecule is COc1cccc(Cc2cnc(C3CCCCN3C(=O)c3ccnnc3)o2)c1. The number of benzene rings is 1. The Balaban J connectivity index is 1.53. The smallest absolute Gasteiger partial charge is 0.256 e. The Morgan fingerprint density at radius 2 is 2.18 bits per heavy atom. The summed E-state index contributed by atoms with van der Waals surface area (Å²) in [4.78, 5) is 19.2. The van der Waals surface area contributed by atoms with Crippen molar-refractivity contribution in [2.75, 3.05) is 13.7 Å². The molecule has 0 bridgehead atoms. The number of rotatable bonds is 5. The van der Waals surface area contributed by atoms with Crippen molar-refractivity contribution in [2.45, 2.75) is 31.7 Å². The molecule has 1 atom stereocenters. The largest absolute Gasteiger partial charge is 0.497 e. The number of hydrogen-bond donors (Lipinski definition) is 0. The van der Waals surface area contributed by atoms with Crippen molar-refractivity contribution in [2.24, 2.45) is 0 Å². The number of carbonyl (C=O) groups excluding carboxylic acids is 1. The monoisotopic (exact) mass is 378 g/mol. The number of oxazole rings is 1. The summed E-state index contributed by atoms with van der Waals surface area (Å²) < 4.78 is 11.3. The molecule has 4 rings (SSSR count). The zero-order chi connectivity index (χ0) is 19.3. The summed E-state index contributed by atoms with van der Waals surface area (Å²) in [5.41, 5.74) is 1.62. The zero-order valence-corrected chi connectivity index (χ0v) is 15.7. The fourth-order valence-electron chi connectivity index (χ4n) is 3.56. The molecule has 3 aromatic rings. The third kappa shape index (κ3) is 3.88. The first kappa shape index (κ1) is 18.2. The Hall–Kier alpha value is -3.22. The van der Waals surface area contributed by atoms with E-state index in [9.17, 15) is 4.79 Å². The minimum Gasteiger partial charge on any atom is -0.497 e. The Morgan fingerprint density at radius 1 is 1.25 bits per heavy atom. The van der Waals surface area contributed by atoms with Crippen molar-refractivity contribution in [3.63, 3.8) is 0 Å². The van der Waals surface area contributed by atoms with Gasteiger partial charge in [0, 0.05) is 13.0 Å². The Bertz CT molecular complexity index is 942. The minimum atomic E-state index is -0.159. The van der Waals surface area contributed by atoms with E-state index in [0.29, 0.717) is 24.4 Å². The first-order valence-corrected chi connectivity index (χ1v) is 9.40. The highest BCUT2D eigenvalue weighted by atomic mass is 16.5. The molecule has 28 heavy (non-hydrogen) atoms. The second-order valence-electron chi connectivity index (χ2n) is 6.83. The molecule has 144 valence electrons. The quantitative estimate of drug-likeness (QED) is 0.677. The molecular formula is C21H22N4O3. The van der Waals surface area contributed by atoms with Gasteiger partial charge in [0.2, 0.25) is 5.89 Å². The van der Waals surface area contributed by atoms with Crippen LogP contribution < -0.4 is 4.74 Å². The summed E-state index contributed by atoms with van der Waals surface area (Å²) in [6, 6.07) is 9.40. The van der Waals surface area contributed by atoms with Crippen LogP contribution in [0.2, 0.25) is 0 Å². The van der Waals surface area contributed by atoms with E-state index in [1.165, 1.54) is 12.4 Å². The highest BCUT2D eigenvalue weighted by Gasteiger charge is 2.32. The molecule has 1 aromatic carbocycles. The summed E-state index contributed by atoms with van der Waals surface area (Å²) >= 11 is 0. The van der Waals surface area contributed by atoms with Crippen LogP contribution in [0.25, 0.3) is 0 Å². The minimum absolute atomic E-state index is 0.0628. The normalized spacial score (nSPS) is 16.8. The molecule has 1 aliphatic heterocycles. The highest BCUT2D eigenvalue weighted by molar-refractivity contribution is 5.94. The molecule has 0 N–H and O–H groups in total. The second-order valence-corrected chi connectivity index (χ2v) is 6.83. The lowest BCUT2D eigenvalue weighted by atomic mass is 10.0. The third-order valence-electron chi connectivity index (χ3n) is 4.96. The van der Waals surface area contributed by atoms with E-state index in [-0.39, 0.29) is 11.9 Å². The summed E-state index contributed by atoms with van der Waals surface area (Å²) in [6.07, 6.45) is 8.25. The molecule has 0 saturated carbocycles. The number of likely N-dealkylation sites (tertiary alicyclic amines) is 1. The van der Waals surface area contributed by atoms with E-state index in [0.717, 1.165) is 36.3 Å².